The van der Waals surface area contributed by atoms with Gasteiger partial charge in [0, 0.05) is 27.7 Å². The third kappa shape index (κ3) is 2.48. The molecule has 1 aromatic heterocycles. The minimum atomic E-state index is -0.805. The van der Waals surface area contributed by atoms with Gasteiger partial charge < -0.3 is 10.3 Å². The number of carbonyl (C=O) groups is 2. The summed E-state index contributed by atoms with van der Waals surface area (Å²) in [5.41, 5.74) is 3.27. The van der Waals surface area contributed by atoms with Crippen LogP contribution in [0.5, 0.6) is 0 Å². The standard InChI is InChI=1S/C19H16N4O2/c1-12-16(14-9-5-6-10-15(14)20-12)17-19(25)21-18(22-23(17)11-24)13-7-3-2-4-8-13/h2-11,17,20H,1H3,(H,21,22,25)/t17-/m0/s1. The number of rotatable bonds is 3. The Morgan fingerprint density at radius 3 is 2.56 bits per heavy atom. The molecule has 0 spiro atoms. The van der Waals surface area contributed by atoms with Crippen LogP contribution in [-0.4, -0.2) is 28.1 Å². The van der Waals surface area contributed by atoms with Gasteiger partial charge >= 0.3 is 0 Å². The molecule has 0 saturated carbocycles. The van der Waals surface area contributed by atoms with E-state index in [4.69, 9.17) is 0 Å². The second kappa shape index (κ2) is 5.90. The van der Waals surface area contributed by atoms with Crippen molar-refractivity contribution in [1.82, 2.24) is 15.3 Å². The van der Waals surface area contributed by atoms with E-state index < -0.39 is 6.04 Å². The third-order valence-corrected chi connectivity index (χ3v) is 4.34. The Morgan fingerprint density at radius 2 is 1.80 bits per heavy atom. The number of hydrazone groups is 1. The van der Waals surface area contributed by atoms with Crippen molar-refractivity contribution >= 4 is 29.1 Å². The van der Waals surface area contributed by atoms with Crippen molar-refractivity contribution in [2.24, 2.45) is 5.10 Å². The lowest BCUT2D eigenvalue weighted by Gasteiger charge is -2.29. The number of nitrogens with one attached hydrogen (secondary N) is 2. The van der Waals surface area contributed by atoms with Gasteiger partial charge in [-0.15, -0.1) is 0 Å². The summed E-state index contributed by atoms with van der Waals surface area (Å²) in [6.45, 7) is 1.89. The number of benzene rings is 2. The second-order valence-electron chi connectivity index (χ2n) is 5.90. The van der Waals surface area contributed by atoms with E-state index in [1.54, 1.807) is 0 Å². The first kappa shape index (κ1) is 15.1. The molecular weight excluding hydrogens is 316 g/mol. The molecule has 0 unspecified atom stereocenters. The largest absolute Gasteiger partial charge is 0.358 e. The number of nitrogens with zero attached hydrogens (tertiary/aromatic N) is 2. The molecule has 1 aliphatic rings. The summed E-state index contributed by atoms with van der Waals surface area (Å²) in [6, 6.07) is 16.1. The molecular formula is C19H16N4O2. The highest BCUT2D eigenvalue weighted by molar-refractivity contribution is 6.12. The summed E-state index contributed by atoms with van der Waals surface area (Å²) < 4.78 is 0. The Labute approximate surface area is 144 Å². The van der Waals surface area contributed by atoms with E-state index in [2.05, 4.69) is 15.4 Å². The summed E-state index contributed by atoms with van der Waals surface area (Å²) in [4.78, 5) is 27.8. The minimum absolute atomic E-state index is 0.284. The molecule has 0 bridgehead atoms. The van der Waals surface area contributed by atoms with E-state index in [0.29, 0.717) is 12.2 Å². The number of amidine groups is 1. The van der Waals surface area contributed by atoms with Crippen molar-refractivity contribution < 1.29 is 9.59 Å². The highest BCUT2D eigenvalue weighted by Gasteiger charge is 2.35. The molecule has 0 fully saturated rings. The number of hydrogen-bond acceptors (Lipinski definition) is 3. The first-order valence-electron chi connectivity index (χ1n) is 7.95. The molecule has 1 atom stereocenters. The Bertz CT molecular complexity index is 991. The van der Waals surface area contributed by atoms with Crippen LogP contribution in [0.25, 0.3) is 10.9 Å². The van der Waals surface area contributed by atoms with Gasteiger partial charge in [-0.2, -0.15) is 5.10 Å². The normalized spacial score (nSPS) is 17.3. The number of hydrogen-bond donors (Lipinski definition) is 2. The second-order valence-corrected chi connectivity index (χ2v) is 5.90. The van der Waals surface area contributed by atoms with E-state index in [1.807, 2.05) is 61.5 Å². The van der Waals surface area contributed by atoms with Crippen LogP contribution in [0.4, 0.5) is 0 Å². The highest BCUT2D eigenvalue weighted by atomic mass is 16.2. The van der Waals surface area contributed by atoms with Gasteiger partial charge in [-0.05, 0) is 13.0 Å². The fourth-order valence-electron chi connectivity index (χ4n) is 3.23. The number of fused-ring (bicyclic) bond motifs is 1. The fraction of sp³-hybridized carbons (Fsp3) is 0.105. The highest BCUT2D eigenvalue weighted by Crippen LogP contribution is 2.32. The maximum Gasteiger partial charge on any atom is 0.255 e. The average Bonchev–Trinajstić information content (AvgIpc) is 2.97. The number of aromatic nitrogens is 1. The van der Waals surface area contributed by atoms with Crippen molar-refractivity contribution in [2.45, 2.75) is 13.0 Å². The van der Waals surface area contributed by atoms with Crippen LogP contribution < -0.4 is 5.32 Å². The molecule has 1 aliphatic heterocycles. The molecule has 3 aromatic rings. The van der Waals surface area contributed by atoms with Crippen LogP contribution in [0.2, 0.25) is 0 Å². The molecule has 0 saturated heterocycles. The summed E-state index contributed by atoms with van der Waals surface area (Å²) in [6.07, 6.45) is 0.591. The minimum Gasteiger partial charge on any atom is -0.358 e. The van der Waals surface area contributed by atoms with Gasteiger partial charge in [-0.1, -0.05) is 48.5 Å². The lowest BCUT2D eigenvalue weighted by molar-refractivity contribution is -0.133. The van der Waals surface area contributed by atoms with Crippen molar-refractivity contribution in [1.29, 1.82) is 0 Å². The molecule has 6 nitrogen and oxygen atoms in total. The molecule has 6 heteroatoms. The lowest BCUT2D eigenvalue weighted by Crippen LogP contribution is -2.47. The van der Waals surface area contributed by atoms with Gasteiger partial charge in [0.2, 0.25) is 6.41 Å². The van der Waals surface area contributed by atoms with Crippen LogP contribution in [0.3, 0.4) is 0 Å². The van der Waals surface area contributed by atoms with E-state index >= 15 is 0 Å². The van der Waals surface area contributed by atoms with Gasteiger partial charge in [0.1, 0.15) is 0 Å². The van der Waals surface area contributed by atoms with E-state index in [9.17, 15) is 9.59 Å². The SMILES string of the molecule is Cc1[nH]c2ccccc2c1[C@H]1C(=O)NC(c2ccccc2)=NN1C=O. The monoisotopic (exact) mass is 332 g/mol. The van der Waals surface area contributed by atoms with Crippen LogP contribution in [0.1, 0.15) is 22.9 Å². The van der Waals surface area contributed by atoms with Gasteiger partial charge in [-0.25, -0.2) is 5.01 Å². The first-order chi connectivity index (χ1) is 12.2. The maximum atomic E-state index is 12.8. The predicted molar refractivity (Wildman–Crippen MR) is 94.8 cm³/mol. The van der Waals surface area contributed by atoms with Gasteiger partial charge in [0.25, 0.3) is 5.91 Å². The predicted octanol–water partition coefficient (Wildman–Crippen LogP) is 2.47. The number of amides is 2. The number of para-hydroxylation sites is 1. The molecule has 25 heavy (non-hydrogen) atoms. The summed E-state index contributed by atoms with van der Waals surface area (Å²) >= 11 is 0. The topological polar surface area (TPSA) is 77.6 Å². The van der Waals surface area contributed by atoms with Crippen molar-refractivity contribution in [3.63, 3.8) is 0 Å². The van der Waals surface area contributed by atoms with E-state index in [1.165, 1.54) is 5.01 Å². The number of H-pyrrole nitrogens is 1. The Balaban J connectivity index is 1.83. The summed E-state index contributed by atoms with van der Waals surface area (Å²) in [5, 5.41) is 9.26. The average molecular weight is 332 g/mol. The molecule has 4 rings (SSSR count). The van der Waals surface area contributed by atoms with Crippen LogP contribution >= 0.6 is 0 Å². The van der Waals surface area contributed by atoms with Crippen LogP contribution in [0.15, 0.2) is 59.7 Å². The quantitative estimate of drug-likeness (QED) is 0.723. The molecule has 0 aliphatic carbocycles. The lowest BCUT2D eigenvalue weighted by atomic mass is 10.0. The van der Waals surface area contributed by atoms with E-state index in [-0.39, 0.29) is 5.91 Å². The Kier molecular flexibility index (Phi) is 3.57. The van der Waals surface area contributed by atoms with Gasteiger partial charge in [-0.3, -0.25) is 9.59 Å². The Morgan fingerprint density at radius 1 is 1.08 bits per heavy atom. The van der Waals surface area contributed by atoms with Gasteiger partial charge in [0.15, 0.2) is 11.9 Å². The van der Waals surface area contributed by atoms with Crippen LogP contribution in [0, 0.1) is 6.92 Å². The van der Waals surface area contributed by atoms with Crippen LogP contribution in [-0.2, 0) is 9.59 Å². The number of carbonyl (C=O) groups excluding carboxylic acids is 2. The number of aryl methyl sites for hydroxylation is 1. The molecule has 2 amide bonds. The zero-order valence-corrected chi connectivity index (χ0v) is 13.6. The van der Waals surface area contributed by atoms with Crippen molar-refractivity contribution in [3.05, 3.63) is 71.4 Å². The summed E-state index contributed by atoms with van der Waals surface area (Å²) in [5.74, 6) is 0.0836. The van der Waals surface area contributed by atoms with Gasteiger partial charge in [0.05, 0.1) is 0 Å². The molecule has 2 N–H and O–H groups in total. The Hall–Kier alpha value is -3.41. The van der Waals surface area contributed by atoms with E-state index in [0.717, 1.165) is 27.7 Å². The molecule has 124 valence electrons. The third-order valence-electron chi connectivity index (χ3n) is 4.34. The zero-order valence-electron chi connectivity index (χ0n) is 13.6. The summed E-state index contributed by atoms with van der Waals surface area (Å²) in [7, 11) is 0. The molecule has 2 heterocycles. The van der Waals surface area contributed by atoms with Crippen molar-refractivity contribution in [2.75, 3.05) is 0 Å². The molecule has 2 aromatic carbocycles. The first-order valence-corrected chi connectivity index (χ1v) is 7.95. The molecule has 0 radical (unpaired) electrons. The zero-order chi connectivity index (χ0) is 17.4. The maximum absolute atomic E-state index is 12.8. The van der Waals surface area contributed by atoms with Crippen molar-refractivity contribution in [3.8, 4) is 0 Å². The number of aromatic amines is 1. The fourth-order valence-corrected chi connectivity index (χ4v) is 3.23. The smallest absolute Gasteiger partial charge is 0.255 e.